The smallest absolute Gasteiger partial charge is 0.251 e. The number of hydrogen-bond acceptors (Lipinski definition) is 4. The molecule has 1 fully saturated rings. The molecule has 6 heteroatoms. The minimum atomic E-state index is -0.171. The summed E-state index contributed by atoms with van der Waals surface area (Å²) in [4.78, 5) is 24.9. The van der Waals surface area contributed by atoms with Crippen molar-refractivity contribution >= 4 is 23.2 Å². The van der Waals surface area contributed by atoms with E-state index in [0.717, 1.165) is 29.8 Å². The van der Waals surface area contributed by atoms with E-state index in [1.54, 1.807) is 12.1 Å². The second-order valence-corrected chi connectivity index (χ2v) is 8.59. The van der Waals surface area contributed by atoms with Crippen molar-refractivity contribution in [2.45, 2.75) is 44.8 Å². The summed E-state index contributed by atoms with van der Waals surface area (Å²) in [5, 5.41) is 9.09. The number of hydrogen-bond donors (Lipinski definition) is 3. The largest absolute Gasteiger partial charge is 0.489 e. The molecular formula is C28H31N3O3. The molecule has 1 saturated carbocycles. The summed E-state index contributed by atoms with van der Waals surface area (Å²) >= 11 is 0. The SMILES string of the molecule is O=C(CNc1cccc(C(=O)NC2CCCCC2)c1)Nc1ccc(OCc2ccccc2)cc1. The van der Waals surface area contributed by atoms with Crippen LogP contribution in [0.4, 0.5) is 11.4 Å². The van der Waals surface area contributed by atoms with E-state index in [1.807, 2.05) is 66.7 Å². The van der Waals surface area contributed by atoms with E-state index < -0.39 is 0 Å². The van der Waals surface area contributed by atoms with Crippen LogP contribution in [0.15, 0.2) is 78.9 Å². The molecule has 3 aromatic carbocycles. The Morgan fingerprint density at radius 2 is 1.59 bits per heavy atom. The van der Waals surface area contributed by atoms with Crippen LogP contribution in [0.3, 0.4) is 0 Å². The van der Waals surface area contributed by atoms with E-state index in [0.29, 0.717) is 17.9 Å². The van der Waals surface area contributed by atoms with Gasteiger partial charge < -0.3 is 20.7 Å². The fourth-order valence-corrected chi connectivity index (χ4v) is 4.05. The van der Waals surface area contributed by atoms with E-state index in [9.17, 15) is 9.59 Å². The van der Waals surface area contributed by atoms with Crippen LogP contribution in [0.25, 0.3) is 0 Å². The second-order valence-electron chi connectivity index (χ2n) is 8.59. The molecule has 0 bridgehead atoms. The lowest BCUT2D eigenvalue weighted by molar-refractivity contribution is -0.114. The summed E-state index contributed by atoms with van der Waals surface area (Å²) in [5.41, 5.74) is 3.12. The summed E-state index contributed by atoms with van der Waals surface area (Å²) < 4.78 is 5.78. The fraction of sp³-hybridized carbons (Fsp3) is 0.286. The molecule has 0 spiro atoms. The first-order valence-corrected chi connectivity index (χ1v) is 11.9. The van der Waals surface area contributed by atoms with Gasteiger partial charge in [0, 0.05) is 23.0 Å². The first-order chi connectivity index (χ1) is 16.7. The highest BCUT2D eigenvalue weighted by Gasteiger charge is 2.16. The van der Waals surface area contributed by atoms with Gasteiger partial charge in [-0.3, -0.25) is 9.59 Å². The van der Waals surface area contributed by atoms with Crippen LogP contribution in [-0.2, 0) is 11.4 Å². The fourth-order valence-electron chi connectivity index (χ4n) is 4.05. The number of benzene rings is 3. The van der Waals surface area contributed by atoms with Crippen LogP contribution in [-0.4, -0.2) is 24.4 Å². The number of rotatable bonds is 9. The zero-order valence-corrected chi connectivity index (χ0v) is 19.3. The van der Waals surface area contributed by atoms with E-state index in [1.165, 1.54) is 19.3 Å². The van der Waals surface area contributed by atoms with Gasteiger partial charge in [-0.25, -0.2) is 0 Å². The Hall–Kier alpha value is -3.80. The van der Waals surface area contributed by atoms with Crippen molar-refractivity contribution in [2.75, 3.05) is 17.2 Å². The predicted molar refractivity (Wildman–Crippen MR) is 135 cm³/mol. The highest BCUT2D eigenvalue weighted by molar-refractivity contribution is 5.96. The molecule has 3 aromatic rings. The normalized spacial score (nSPS) is 13.6. The third kappa shape index (κ3) is 7.10. The van der Waals surface area contributed by atoms with Crippen LogP contribution < -0.4 is 20.7 Å². The van der Waals surface area contributed by atoms with Crippen LogP contribution in [0.2, 0.25) is 0 Å². The molecule has 0 saturated heterocycles. The number of carbonyl (C=O) groups is 2. The summed E-state index contributed by atoms with van der Waals surface area (Å²) in [6.07, 6.45) is 5.68. The number of ether oxygens (including phenoxy) is 1. The molecule has 0 heterocycles. The van der Waals surface area contributed by atoms with Crippen LogP contribution in [0, 0.1) is 0 Å². The molecule has 0 atom stereocenters. The van der Waals surface area contributed by atoms with Crippen molar-refractivity contribution in [3.63, 3.8) is 0 Å². The molecule has 0 aliphatic heterocycles. The third-order valence-electron chi connectivity index (χ3n) is 5.90. The molecule has 6 nitrogen and oxygen atoms in total. The Morgan fingerprint density at radius 1 is 0.824 bits per heavy atom. The van der Waals surface area contributed by atoms with Crippen molar-refractivity contribution in [1.82, 2.24) is 5.32 Å². The van der Waals surface area contributed by atoms with Gasteiger partial charge in [-0.1, -0.05) is 55.7 Å². The lowest BCUT2D eigenvalue weighted by Crippen LogP contribution is -2.36. The first kappa shape index (κ1) is 23.4. The van der Waals surface area contributed by atoms with Crippen molar-refractivity contribution in [2.24, 2.45) is 0 Å². The average molecular weight is 458 g/mol. The molecule has 176 valence electrons. The van der Waals surface area contributed by atoms with Gasteiger partial charge in [0.15, 0.2) is 0 Å². The van der Waals surface area contributed by atoms with E-state index >= 15 is 0 Å². The van der Waals surface area contributed by atoms with Gasteiger partial charge in [0.2, 0.25) is 5.91 Å². The average Bonchev–Trinajstić information content (AvgIpc) is 2.88. The highest BCUT2D eigenvalue weighted by atomic mass is 16.5. The summed E-state index contributed by atoms with van der Waals surface area (Å²) in [5.74, 6) is 0.507. The Labute approximate surface area is 200 Å². The molecule has 34 heavy (non-hydrogen) atoms. The van der Waals surface area contributed by atoms with Gasteiger partial charge in [-0.15, -0.1) is 0 Å². The summed E-state index contributed by atoms with van der Waals surface area (Å²) in [6, 6.07) is 24.8. The van der Waals surface area contributed by atoms with Crippen molar-refractivity contribution in [3.8, 4) is 5.75 Å². The van der Waals surface area contributed by atoms with E-state index in [-0.39, 0.29) is 24.4 Å². The number of anilines is 2. The van der Waals surface area contributed by atoms with Gasteiger partial charge in [0.25, 0.3) is 5.91 Å². The summed E-state index contributed by atoms with van der Waals surface area (Å²) in [6.45, 7) is 0.591. The molecule has 0 aromatic heterocycles. The second kappa shape index (κ2) is 11.9. The molecular weight excluding hydrogens is 426 g/mol. The number of amides is 2. The Balaban J connectivity index is 1.23. The summed E-state index contributed by atoms with van der Waals surface area (Å²) in [7, 11) is 0. The Morgan fingerprint density at radius 3 is 2.35 bits per heavy atom. The van der Waals surface area contributed by atoms with Gasteiger partial charge in [0.1, 0.15) is 12.4 Å². The molecule has 0 radical (unpaired) electrons. The lowest BCUT2D eigenvalue weighted by Gasteiger charge is -2.22. The van der Waals surface area contributed by atoms with Crippen molar-refractivity contribution in [3.05, 3.63) is 90.0 Å². The molecule has 3 N–H and O–H groups in total. The topological polar surface area (TPSA) is 79.5 Å². The van der Waals surface area contributed by atoms with Gasteiger partial charge in [-0.2, -0.15) is 0 Å². The van der Waals surface area contributed by atoms with Crippen LogP contribution in [0.1, 0.15) is 48.0 Å². The van der Waals surface area contributed by atoms with Gasteiger partial charge >= 0.3 is 0 Å². The maximum Gasteiger partial charge on any atom is 0.251 e. The zero-order chi connectivity index (χ0) is 23.6. The van der Waals surface area contributed by atoms with Crippen LogP contribution >= 0.6 is 0 Å². The number of carbonyl (C=O) groups excluding carboxylic acids is 2. The van der Waals surface area contributed by atoms with Crippen molar-refractivity contribution < 1.29 is 14.3 Å². The van der Waals surface area contributed by atoms with Gasteiger partial charge in [-0.05, 0) is 60.9 Å². The highest BCUT2D eigenvalue weighted by Crippen LogP contribution is 2.19. The quantitative estimate of drug-likeness (QED) is 0.403. The molecule has 0 unspecified atom stereocenters. The monoisotopic (exact) mass is 457 g/mol. The minimum Gasteiger partial charge on any atom is -0.489 e. The Bertz CT molecular complexity index is 1080. The molecule has 2 amide bonds. The molecule has 1 aliphatic rings. The molecule has 1 aliphatic carbocycles. The standard InChI is InChI=1S/C28H31N3O3/c32-27(30-24-14-16-26(17-15-24)34-20-21-8-3-1-4-9-21)19-29-25-13-7-10-22(18-25)28(33)31-23-11-5-2-6-12-23/h1,3-4,7-10,13-18,23,29H,2,5-6,11-12,19-20H2,(H,30,32)(H,31,33). The first-order valence-electron chi connectivity index (χ1n) is 11.9. The van der Waals surface area contributed by atoms with Crippen molar-refractivity contribution in [1.29, 1.82) is 0 Å². The predicted octanol–water partition coefficient (Wildman–Crippen LogP) is 5.38. The lowest BCUT2D eigenvalue weighted by atomic mass is 9.95. The maximum absolute atomic E-state index is 12.6. The molecule has 4 rings (SSSR count). The van der Waals surface area contributed by atoms with Crippen LogP contribution in [0.5, 0.6) is 5.75 Å². The van der Waals surface area contributed by atoms with E-state index in [4.69, 9.17) is 4.74 Å². The third-order valence-corrected chi connectivity index (χ3v) is 5.90. The minimum absolute atomic E-state index is 0.0606. The maximum atomic E-state index is 12.6. The number of nitrogens with one attached hydrogen (secondary N) is 3. The zero-order valence-electron chi connectivity index (χ0n) is 19.3. The van der Waals surface area contributed by atoms with Gasteiger partial charge in [0.05, 0.1) is 6.54 Å². The Kier molecular flexibility index (Phi) is 8.17. The van der Waals surface area contributed by atoms with E-state index in [2.05, 4.69) is 16.0 Å².